The van der Waals surface area contributed by atoms with Gasteiger partial charge in [-0.15, -0.1) is 0 Å². The third kappa shape index (κ3) is 0.531. The number of nitrogens with zero attached hydrogens (tertiary/aromatic N) is 1. The molecular formula is C10H13N3. The number of rotatable bonds is 1. The number of fused-ring (bicyclic) bond motifs is 1. The van der Waals surface area contributed by atoms with Crippen LogP contribution >= 0.6 is 0 Å². The minimum absolute atomic E-state index is 0.647. The molecular weight excluding hydrogens is 162 g/mol. The summed E-state index contributed by atoms with van der Waals surface area (Å²) in [5.41, 5.74) is 8.35. The number of aromatic amines is 1. The fourth-order valence-corrected chi connectivity index (χ4v) is 3.68. The van der Waals surface area contributed by atoms with Crippen LogP contribution in [0.3, 0.4) is 0 Å². The van der Waals surface area contributed by atoms with Crippen molar-refractivity contribution in [1.82, 2.24) is 10.2 Å². The Balaban J connectivity index is 1.77. The fraction of sp³-hybridized carbons (Fsp3) is 0.700. The molecule has 68 valence electrons. The number of anilines is 1. The van der Waals surface area contributed by atoms with Crippen molar-refractivity contribution in [3.05, 3.63) is 11.8 Å². The first-order valence-corrected chi connectivity index (χ1v) is 5.09. The third-order valence-corrected chi connectivity index (χ3v) is 4.52. The zero-order valence-electron chi connectivity index (χ0n) is 7.51. The van der Waals surface area contributed by atoms with Crippen molar-refractivity contribution in [3.63, 3.8) is 0 Å². The summed E-state index contributed by atoms with van der Waals surface area (Å²) in [4.78, 5) is 0. The van der Waals surface area contributed by atoms with Crippen LogP contribution in [0, 0.1) is 10.8 Å². The largest absolute Gasteiger partial charge is 0.382 e. The molecule has 0 bridgehead atoms. The monoisotopic (exact) mass is 175 g/mol. The van der Waals surface area contributed by atoms with E-state index in [2.05, 4.69) is 10.2 Å². The van der Waals surface area contributed by atoms with Gasteiger partial charge in [-0.1, -0.05) is 0 Å². The van der Waals surface area contributed by atoms with Crippen LogP contribution in [0.15, 0.2) is 6.07 Å². The standard InChI is InChI=1S/C10H13N3/c11-7-5-6(12-13-7)8-9(1-2-9)10(8)3-4-10/h5,8H,1-4H2,(H3,11,12,13). The number of H-pyrrole nitrogens is 1. The molecule has 0 saturated heterocycles. The van der Waals surface area contributed by atoms with Crippen LogP contribution in [0.5, 0.6) is 0 Å². The Labute approximate surface area is 76.7 Å². The first kappa shape index (κ1) is 6.46. The molecule has 2 spiro atoms. The van der Waals surface area contributed by atoms with Gasteiger partial charge in [0.1, 0.15) is 5.82 Å². The van der Waals surface area contributed by atoms with Gasteiger partial charge in [0.15, 0.2) is 0 Å². The van der Waals surface area contributed by atoms with E-state index >= 15 is 0 Å². The van der Waals surface area contributed by atoms with E-state index in [-0.39, 0.29) is 0 Å². The van der Waals surface area contributed by atoms with Crippen molar-refractivity contribution in [2.75, 3.05) is 5.73 Å². The van der Waals surface area contributed by atoms with E-state index in [9.17, 15) is 0 Å². The molecule has 1 heterocycles. The normalized spacial score (nSPS) is 31.1. The number of hydrogen-bond donors (Lipinski definition) is 2. The van der Waals surface area contributed by atoms with Crippen LogP contribution in [0.4, 0.5) is 5.82 Å². The topological polar surface area (TPSA) is 54.7 Å². The third-order valence-electron chi connectivity index (χ3n) is 4.52. The van der Waals surface area contributed by atoms with Crippen molar-refractivity contribution in [2.45, 2.75) is 31.6 Å². The molecule has 0 radical (unpaired) electrons. The van der Waals surface area contributed by atoms with Crippen molar-refractivity contribution >= 4 is 5.82 Å². The summed E-state index contributed by atoms with van der Waals surface area (Å²) in [6, 6.07) is 2.03. The van der Waals surface area contributed by atoms with Crippen molar-refractivity contribution in [1.29, 1.82) is 0 Å². The highest BCUT2D eigenvalue weighted by atomic mass is 15.2. The zero-order valence-corrected chi connectivity index (χ0v) is 7.51. The average Bonchev–Trinajstić information content (AvgIpc) is 3.00. The predicted octanol–water partition coefficient (Wildman–Crippen LogP) is 1.65. The van der Waals surface area contributed by atoms with Crippen LogP contribution < -0.4 is 5.73 Å². The molecule has 0 amide bonds. The summed E-state index contributed by atoms with van der Waals surface area (Å²) in [5.74, 6) is 1.43. The molecule has 3 N–H and O–H groups in total. The van der Waals surface area contributed by atoms with Crippen LogP contribution in [-0.4, -0.2) is 10.2 Å². The molecule has 4 rings (SSSR count). The van der Waals surface area contributed by atoms with E-state index < -0.39 is 0 Å². The summed E-state index contributed by atoms with van der Waals surface area (Å²) in [6.45, 7) is 0. The van der Waals surface area contributed by atoms with Gasteiger partial charge in [-0.2, -0.15) is 5.10 Å². The number of nitrogens with two attached hydrogens (primary N) is 1. The molecule has 13 heavy (non-hydrogen) atoms. The van der Waals surface area contributed by atoms with Crippen LogP contribution in [0.2, 0.25) is 0 Å². The number of nitrogens with one attached hydrogen (secondary N) is 1. The zero-order chi connectivity index (χ0) is 8.68. The van der Waals surface area contributed by atoms with Gasteiger partial charge in [-0.25, -0.2) is 0 Å². The molecule has 1 aromatic heterocycles. The smallest absolute Gasteiger partial charge is 0.145 e. The molecule has 3 heteroatoms. The van der Waals surface area contributed by atoms with Gasteiger partial charge in [0.2, 0.25) is 0 Å². The average molecular weight is 175 g/mol. The second-order valence-electron chi connectivity index (χ2n) is 4.99. The van der Waals surface area contributed by atoms with E-state index in [1.807, 2.05) is 6.07 Å². The van der Waals surface area contributed by atoms with Gasteiger partial charge in [0, 0.05) is 17.7 Å². The highest BCUT2D eigenvalue weighted by Gasteiger charge is 2.87. The predicted molar refractivity (Wildman–Crippen MR) is 49.1 cm³/mol. The lowest BCUT2D eigenvalue weighted by molar-refractivity contribution is 0.716. The quantitative estimate of drug-likeness (QED) is 0.681. The van der Waals surface area contributed by atoms with Crippen molar-refractivity contribution < 1.29 is 0 Å². The lowest BCUT2D eigenvalue weighted by atomic mass is 10.2. The molecule has 0 atom stereocenters. The molecule has 0 aliphatic heterocycles. The van der Waals surface area contributed by atoms with Crippen LogP contribution in [0.25, 0.3) is 0 Å². The summed E-state index contributed by atoms with van der Waals surface area (Å²) in [6.07, 6.45) is 5.76. The van der Waals surface area contributed by atoms with Gasteiger partial charge in [-0.05, 0) is 36.5 Å². The number of hydrogen-bond acceptors (Lipinski definition) is 2. The summed E-state index contributed by atoms with van der Waals surface area (Å²) in [7, 11) is 0. The minimum atomic E-state index is 0.647. The van der Waals surface area contributed by atoms with Gasteiger partial charge >= 0.3 is 0 Å². The van der Waals surface area contributed by atoms with Gasteiger partial charge < -0.3 is 5.73 Å². The van der Waals surface area contributed by atoms with Gasteiger partial charge in [0.05, 0.1) is 0 Å². The Morgan fingerprint density at radius 3 is 2.31 bits per heavy atom. The van der Waals surface area contributed by atoms with Gasteiger partial charge in [-0.3, -0.25) is 5.10 Å². The molecule has 3 aliphatic carbocycles. The Hall–Kier alpha value is -0.990. The Bertz CT molecular complexity index is 367. The Morgan fingerprint density at radius 1 is 1.31 bits per heavy atom. The molecule has 3 nitrogen and oxygen atoms in total. The summed E-state index contributed by atoms with van der Waals surface area (Å²) in [5, 5.41) is 7.10. The van der Waals surface area contributed by atoms with E-state index in [0.717, 1.165) is 5.92 Å². The second kappa shape index (κ2) is 1.51. The van der Waals surface area contributed by atoms with E-state index in [4.69, 9.17) is 5.73 Å². The lowest BCUT2D eigenvalue weighted by Crippen LogP contribution is -1.82. The summed E-state index contributed by atoms with van der Waals surface area (Å²) >= 11 is 0. The summed E-state index contributed by atoms with van der Waals surface area (Å²) < 4.78 is 0. The number of aromatic nitrogens is 2. The SMILES string of the molecule is Nc1cc(C2C3(CC3)C23CC3)[nH]n1. The molecule has 0 aromatic carbocycles. The maximum atomic E-state index is 5.62. The molecule has 3 fully saturated rings. The van der Waals surface area contributed by atoms with Gasteiger partial charge in [0.25, 0.3) is 0 Å². The first-order chi connectivity index (χ1) is 6.29. The highest BCUT2D eigenvalue weighted by molar-refractivity contribution is 5.47. The number of nitrogen functional groups attached to an aromatic ring is 1. The van der Waals surface area contributed by atoms with E-state index in [0.29, 0.717) is 16.6 Å². The Morgan fingerprint density at radius 2 is 1.92 bits per heavy atom. The minimum Gasteiger partial charge on any atom is -0.382 e. The Kier molecular flexibility index (Phi) is 0.752. The molecule has 3 saturated carbocycles. The van der Waals surface area contributed by atoms with Crippen molar-refractivity contribution in [2.24, 2.45) is 10.8 Å². The lowest BCUT2D eigenvalue weighted by Gasteiger charge is -1.89. The molecule has 3 aliphatic rings. The first-order valence-electron chi connectivity index (χ1n) is 5.09. The highest BCUT2D eigenvalue weighted by Crippen LogP contribution is 2.95. The van der Waals surface area contributed by atoms with Crippen LogP contribution in [0.1, 0.15) is 37.3 Å². The van der Waals surface area contributed by atoms with E-state index in [1.54, 1.807) is 0 Å². The molecule has 0 unspecified atom stereocenters. The second-order valence-corrected chi connectivity index (χ2v) is 4.99. The maximum absolute atomic E-state index is 5.62. The van der Waals surface area contributed by atoms with Crippen molar-refractivity contribution in [3.8, 4) is 0 Å². The van der Waals surface area contributed by atoms with Crippen LogP contribution in [-0.2, 0) is 0 Å². The fourth-order valence-electron chi connectivity index (χ4n) is 3.68. The maximum Gasteiger partial charge on any atom is 0.145 e. The molecule has 1 aromatic rings. The van der Waals surface area contributed by atoms with E-state index in [1.165, 1.54) is 31.4 Å².